The lowest BCUT2D eigenvalue weighted by atomic mass is 10.1. The van der Waals surface area contributed by atoms with Crippen molar-refractivity contribution >= 4 is 18.3 Å². The Labute approximate surface area is 105 Å². The molecule has 1 aromatic carbocycles. The van der Waals surface area contributed by atoms with E-state index in [4.69, 9.17) is 0 Å². The minimum atomic E-state index is 1.01. The number of nitrogens with zero attached hydrogens (tertiary/aromatic N) is 1. The molecule has 16 heavy (non-hydrogen) atoms. The molecule has 0 aliphatic heterocycles. The number of rotatable bonds is 6. The van der Waals surface area contributed by atoms with E-state index in [1.165, 1.54) is 36.1 Å². The van der Waals surface area contributed by atoms with Crippen LogP contribution in [0.2, 0.25) is 0 Å². The maximum Gasteiger partial charge on any atom is 0.0393 e. The fourth-order valence-corrected chi connectivity index (χ4v) is 2.22. The van der Waals surface area contributed by atoms with Crippen LogP contribution in [0.3, 0.4) is 0 Å². The lowest BCUT2D eigenvalue weighted by Crippen LogP contribution is -2.19. The number of hydrogen-bond donors (Lipinski definition) is 1. The average molecular weight is 237 g/mol. The highest BCUT2D eigenvalue weighted by molar-refractivity contribution is 7.80. The summed E-state index contributed by atoms with van der Waals surface area (Å²) in [5.41, 5.74) is 4.07. The highest BCUT2D eigenvalue weighted by Gasteiger charge is 2.03. The molecule has 90 valence electrons. The Bertz CT molecular complexity index is 323. The third-order valence-corrected chi connectivity index (χ3v) is 3.23. The molecule has 1 aromatic rings. The van der Waals surface area contributed by atoms with E-state index in [0.29, 0.717) is 0 Å². The summed E-state index contributed by atoms with van der Waals surface area (Å²) >= 11 is 4.23. The molecule has 0 saturated heterocycles. The zero-order chi connectivity index (χ0) is 12.0. The Morgan fingerprint density at radius 2 is 1.88 bits per heavy atom. The topological polar surface area (TPSA) is 3.24 Å². The van der Waals surface area contributed by atoms with Gasteiger partial charge in [0.1, 0.15) is 0 Å². The third kappa shape index (κ3) is 4.09. The summed E-state index contributed by atoms with van der Waals surface area (Å²) in [6.45, 7) is 5.47. The van der Waals surface area contributed by atoms with E-state index in [9.17, 15) is 0 Å². The largest absolute Gasteiger partial charge is 0.374 e. The molecule has 0 saturated carbocycles. The van der Waals surface area contributed by atoms with E-state index in [0.717, 1.165) is 12.3 Å². The summed E-state index contributed by atoms with van der Waals surface area (Å²) in [6.07, 6.45) is 3.76. The van der Waals surface area contributed by atoms with Crippen LogP contribution in [0.4, 0.5) is 5.69 Å². The molecule has 0 spiro atoms. The van der Waals surface area contributed by atoms with Crippen molar-refractivity contribution in [2.45, 2.75) is 33.1 Å². The number of thiol groups is 1. The molecule has 0 N–H and O–H groups in total. The standard InChI is InChI=1S/C14H23NS/c1-12-7-8-14(13(2)11-12)15(3)9-5-4-6-10-16/h7-8,11,16H,4-6,9-10H2,1-3H3. The van der Waals surface area contributed by atoms with Crippen molar-refractivity contribution in [3.63, 3.8) is 0 Å². The van der Waals surface area contributed by atoms with Crippen LogP contribution in [0.5, 0.6) is 0 Å². The maximum atomic E-state index is 4.23. The fraction of sp³-hybridized carbons (Fsp3) is 0.571. The van der Waals surface area contributed by atoms with E-state index in [2.05, 4.69) is 56.6 Å². The molecule has 0 fully saturated rings. The number of hydrogen-bond acceptors (Lipinski definition) is 2. The predicted molar refractivity (Wildman–Crippen MR) is 76.9 cm³/mol. The summed E-state index contributed by atoms with van der Waals surface area (Å²) < 4.78 is 0. The molecule has 0 aromatic heterocycles. The van der Waals surface area contributed by atoms with Crippen molar-refractivity contribution in [2.24, 2.45) is 0 Å². The minimum absolute atomic E-state index is 1.01. The van der Waals surface area contributed by atoms with Gasteiger partial charge in [-0.3, -0.25) is 0 Å². The summed E-state index contributed by atoms with van der Waals surface area (Å²) in [5, 5.41) is 0. The first-order valence-corrected chi connectivity index (χ1v) is 6.67. The van der Waals surface area contributed by atoms with E-state index in [-0.39, 0.29) is 0 Å². The fourth-order valence-electron chi connectivity index (χ4n) is 1.99. The maximum absolute atomic E-state index is 4.23. The van der Waals surface area contributed by atoms with Crippen molar-refractivity contribution in [1.82, 2.24) is 0 Å². The van der Waals surface area contributed by atoms with Crippen molar-refractivity contribution in [3.05, 3.63) is 29.3 Å². The van der Waals surface area contributed by atoms with Gasteiger partial charge in [-0.15, -0.1) is 0 Å². The second-order valence-electron chi connectivity index (χ2n) is 4.50. The number of unbranched alkanes of at least 4 members (excludes halogenated alkanes) is 2. The summed E-state index contributed by atoms with van der Waals surface area (Å²) in [5.74, 6) is 1.01. The van der Waals surface area contributed by atoms with E-state index in [1.807, 2.05) is 0 Å². The predicted octanol–water partition coefficient (Wildman–Crippen LogP) is 3.84. The molecule has 0 radical (unpaired) electrons. The zero-order valence-electron chi connectivity index (χ0n) is 10.7. The van der Waals surface area contributed by atoms with E-state index < -0.39 is 0 Å². The Kier molecular flexibility index (Phi) is 5.75. The molecule has 0 amide bonds. The summed E-state index contributed by atoms with van der Waals surface area (Å²) in [6, 6.07) is 6.66. The number of anilines is 1. The van der Waals surface area contributed by atoms with Crippen LogP contribution >= 0.6 is 12.6 Å². The van der Waals surface area contributed by atoms with Gasteiger partial charge in [0.2, 0.25) is 0 Å². The quantitative estimate of drug-likeness (QED) is 0.581. The van der Waals surface area contributed by atoms with Crippen LogP contribution in [0.1, 0.15) is 30.4 Å². The van der Waals surface area contributed by atoms with Crippen molar-refractivity contribution in [2.75, 3.05) is 24.2 Å². The molecular formula is C14H23NS. The van der Waals surface area contributed by atoms with Gasteiger partial charge in [0.15, 0.2) is 0 Å². The molecule has 2 heteroatoms. The van der Waals surface area contributed by atoms with E-state index in [1.54, 1.807) is 0 Å². The molecule has 1 nitrogen and oxygen atoms in total. The van der Waals surface area contributed by atoms with Crippen LogP contribution < -0.4 is 4.90 Å². The Balaban J connectivity index is 2.49. The first-order valence-electron chi connectivity index (χ1n) is 6.04. The number of aryl methyl sites for hydroxylation is 2. The molecule has 0 bridgehead atoms. The van der Waals surface area contributed by atoms with Gasteiger partial charge in [0.05, 0.1) is 0 Å². The molecule has 0 aliphatic rings. The normalized spacial score (nSPS) is 10.5. The number of benzene rings is 1. The summed E-state index contributed by atoms with van der Waals surface area (Å²) in [4.78, 5) is 2.35. The molecule has 0 unspecified atom stereocenters. The molecule has 1 rings (SSSR count). The van der Waals surface area contributed by atoms with Gasteiger partial charge in [0.25, 0.3) is 0 Å². The van der Waals surface area contributed by atoms with Crippen molar-refractivity contribution in [1.29, 1.82) is 0 Å². The highest BCUT2D eigenvalue weighted by Crippen LogP contribution is 2.20. The first-order chi connectivity index (χ1) is 7.65. The monoisotopic (exact) mass is 237 g/mol. The SMILES string of the molecule is Cc1ccc(N(C)CCCCCS)c(C)c1. The Morgan fingerprint density at radius 1 is 1.12 bits per heavy atom. The van der Waals surface area contributed by atoms with E-state index >= 15 is 0 Å². The van der Waals surface area contributed by atoms with Crippen LogP contribution in [0.15, 0.2) is 18.2 Å². The van der Waals surface area contributed by atoms with Gasteiger partial charge in [0, 0.05) is 19.3 Å². The summed E-state index contributed by atoms with van der Waals surface area (Å²) in [7, 11) is 2.18. The van der Waals surface area contributed by atoms with Crippen LogP contribution in [0.25, 0.3) is 0 Å². The highest BCUT2D eigenvalue weighted by atomic mass is 32.1. The molecule has 0 atom stereocenters. The van der Waals surface area contributed by atoms with Gasteiger partial charge in [-0.25, -0.2) is 0 Å². The Morgan fingerprint density at radius 3 is 2.50 bits per heavy atom. The Hall–Kier alpha value is -0.630. The van der Waals surface area contributed by atoms with Gasteiger partial charge in [-0.1, -0.05) is 24.1 Å². The minimum Gasteiger partial charge on any atom is -0.374 e. The first kappa shape index (κ1) is 13.4. The van der Waals surface area contributed by atoms with Crippen LogP contribution in [-0.4, -0.2) is 19.3 Å². The molecular weight excluding hydrogens is 214 g/mol. The molecule has 0 aliphatic carbocycles. The van der Waals surface area contributed by atoms with Crippen molar-refractivity contribution in [3.8, 4) is 0 Å². The van der Waals surface area contributed by atoms with Gasteiger partial charge >= 0.3 is 0 Å². The third-order valence-electron chi connectivity index (χ3n) is 2.92. The second-order valence-corrected chi connectivity index (χ2v) is 4.94. The average Bonchev–Trinajstić information content (AvgIpc) is 2.24. The van der Waals surface area contributed by atoms with Gasteiger partial charge in [-0.05, 0) is 44.1 Å². The smallest absolute Gasteiger partial charge is 0.0393 e. The van der Waals surface area contributed by atoms with Gasteiger partial charge < -0.3 is 4.90 Å². The van der Waals surface area contributed by atoms with Crippen LogP contribution in [-0.2, 0) is 0 Å². The lowest BCUT2D eigenvalue weighted by Gasteiger charge is -2.21. The van der Waals surface area contributed by atoms with Crippen LogP contribution in [0, 0.1) is 13.8 Å². The zero-order valence-corrected chi connectivity index (χ0v) is 11.6. The second kappa shape index (κ2) is 6.85. The van der Waals surface area contributed by atoms with Crippen molar-refractivity contribution < 1.29 is 0 Å². The van der Waals surface area contributed by atoms with Gasteiger partial charge in [-0.2, -0.15) is 12.6 Å². The lowest BCUT2D eigenvalue weighted by molar-refractivity contribution is 0.709. The molecule has 0 heterocycles.